The molecule has 0 saturated heterocycles. The quantitative estimate of drug-likeness (QED) is 0.850. The van der Waals surface area contributed by atoms with Gasteiger partial charge in [0.25, 0.3) is 0 Å². The number of rotatable bonds is 4. The van der Waals surface area contributed by atoms with Crippen molar-refractivity contribution in [2.45, 2.75) is 33.4 Å². The molecule has 1 aromatic heterocycles. The van der Waals surface area contributed by atoms with Crippen molar-refractivity contribution in [2.24, 2.45) is 0 Å². The van der Waals surface area contributed by atoms with Crippen molar-refractivity contribution in [1.29, 1.82) is 0 Å². The number of thiophene rings is 1. The third kappa shape index (κ3) is 2.96. The van der Waals surface area contributed by atoms with E-state index < -0.39 is 0 Å². The summed E-state index contributed by atoms with van der Waals surface area (Å²) in [6.07, 6.45) is 0. The van der Waals surface area contributed by atoms with Crippen LogP contribution in [-0.4, -0.2) is 0 Å². The first-order valence-electron chi connectivity index (χ1n) is 6.00. The van der Waals surface area contributed by atoms with Crippen molar-refractivity contribution in [1.82, 2.24) is 5.32 Å². The predicted molar refractivity (Wildman–Crippen MR) is 75.5 cm³/mol. The van der Waals surface area contributed by atoms with Crippen LogP contribution in [-0.2, 0) is 6.54 Å². The van der Waals surface area contributed by atoms with Gasteiger partial charge < -0.3 is 5.32 Å². The largest absolute Gasteiger partial charge is 0.305 e. The van der Waals surface area contributed by atoms with Gasteiger partial charge in [0, 0.05) is 17.5 Å². The van der Waals surface area contributed by atoms with E-state index in [4.69, 9.17) is 0 Å². The van der Waals surface area contributed by atoms with Gasteiger partial charge in [0.1, 0.15) is 0 Å². The Morgan fingerprint density at radius 1 is 1.12 bits per heavy atom. The van der Waals surface area contributed by atoms with Gasteiger partial charge in [-0.05, 0) is 48.9 Å². The lowest BCUT2D eigenvalue weighted by atomic mass is 10.0. The summed E-state index contributed by atoms with van der Waals surface area (Å²) in [7, 11) is 0. The molecule has 2 aromatic rings. The first-order chi connectivity index (χ1) is 8.18. The Balaban J connectivity index is 2.01. The molecule has 90 valence electrons. The highest BCUT2D eigenvalue weighted by molar-refractivity contribution is 7.10. The molecule has 0 radical (unpaired) electrons. The Hall–Kier alpha value is -1.12. The summed E-state index contributed by atoms with van der Waals surface area (Å²) >= 11 is 1.83. The number of hydrogen-bond acceptors (Lipinski definition) is 2. The molecular formula is C15H19NS. The fourth-order valence-electron chi connectivity index (χ4n) is 2.01. The number of aryl methyl sites for hydroxylation is 2. The van der Waals surface area contributed by atoms with Crippen molar-refractivity contribution in [3.05, 3.63) is 57.3 Å². The van der Waals surface area contributed by atoms with Gasteiger partial charge >= 0.3 is 0 Å². The third-order valence-electron chi connectivity index (χ3n) is 3.19. The summed E-state index contributed by atoms with van der Waals surface area (Å²) in [4.78, 5) is 1.44. The molecule has 0 aliphatic rings. The van der Waals surface area contributed by atoms with Crippen LogP contribution in [0.3, 0.4) is 0 Å². The van der Waals surface area contributed by atoms with E-state index >= 15 is 0 Å². The molecule has 0 spiro atoms. The molecule has 1 aromatic carbocycles. The van der Waals surface area contributed by atoms with Crippen LogP contribution in [0.25, 0.3) is 0 Å². The number of benzene rings is 1. The highest BCUT2D eigenvalue weighted by Crippen LogP contribution is 2.19. The van der Waals surface area contributed by atoms with E-state index in [9.17, 15) is 0 Å². The lowest BCUT2D eigenvalue weighted by Crippen LogP contribution is -2.18. The molecule has 0 aliphatic heterocycles. The van der Waals surface area contributed by atoms with Crippen LogP contribution in [0.5, 0.6) is 0 Å². The highest BCUT2D eigenvalue weighted by Gasteiger charge is 2.08. The summed E-state index contributed by atoms with van der Waals surface area (Å²) in [6, 6.07) is 11.2. The maximum atomic E-state index is 3.59. The second-order valence-corrected chi connectivity index (χ2v) is 5.49. The number of nitrogens with one attached hydrogen (secondary N) is 1. The van der Waals surface area contributed by atoms with Gasteiger partial charge in [-0.1, -0.05) is 24.3 Å². The molecule has 2 rings (SSSR count). The average Bonchev–Trinajstić information content (AvgIpc) is 2.72. The minimum atomic E-state index is 0.401. The van der Waals surface area contributed by atoms with Crippen LogP contribution in [0, 0.1) is 13.8 Å². The Bertz CT molecular complexity index is 487. The Kier molecular flexibility index (Phi) is 3.97. The van der Waals surface area contributed by atoms with Crippen LogP contribution in [0.4, 0.5) is 0 Å². The predicted octanol–water partition coefficient (Wildman–Crippen LogP) is 4.22. The Morgan fingerprint density at radius 2 is 1.88 bits per heavy atom. The summed E-state index contributed by atoms with van der Waals surface area (Å²) in [6.45, 7) is 7.53. The lowest BCUT2D eigenvalue weighted by Gasteiger charge is -2.16. The van der Waals surface area contributed by atoms with Crippen LogP contribution in [0.15, 0.2) is 35.7 Å². The van der Waals surface area contributed by atoms with Gasteiger partial charge in [0.2, 0.25) is 0 Å². The van der Waals surface area contributed by atoms with E-state index in [1.54, 1.807) is 0 Å². The molecule has 1 heterocycles. The monoisotopic (exact) mass is 245 g/mol. The molecule has 1 nitrogen and oxygen atoms in total. The Labute approximate surface area is 108 Å². The van der Waals surface area contributed by atoms with Crippen LogP contribution < -0.4 is 5.32 Å². The minimum absolute atomic E-state index is 0.401. The first kappa shape index (κ1) is 12.3. The molecule has 0 aliphatic carbocycles. The topological polar surface area (TPSA) is 12.0 Å². The second kappa shape index (κ2) is 5.48. The number of hydrogen-bond donors (Lipinski definition) is 1. The molecular weight excluding hydrogens is 226 g/mol. The lowest BCUT2D eigenvalue weighted by molar-refractivity contribution is 0.575. The zero-order valence-electron chi connectivity index (χ0n) is 10.7. The van der Waals surface area contributed by atoms with Gasteiger partial charge in [0.15, 0.2) is 0 Å². The molecule has 1 N–H and O–H groups in total. The molecule has 0 amide bonds. The molecule has 0 fully saturated rings. The molecule has 2 heteroatoms. The van der Waals surface area contributed by atoms with Crippen molar-refractivity contribution >= 4 is 11.3 Å². The average molecular weight is 245 g/mol. The SMILES string of the molecule is Cc1ccccc1[C@@H](C)NCc1sccc1C. The van der Waals surface area contributed by atoms with Crippen molar-refractivity contribution in [2.75, 3.05) is 0 Å². The first-order valence-corrected chi connectivity index (χ1v) is 6.88. The van der Waals surface area contributed by atoms with Crippen molar-refractivity contribution in [3.63, 3.8) is 0 Å². The Morgan fingerprint density at radius 3 is 2.53 bits per heavy atom. The van der Waals surface area contributed by atoms with E-state index in [-0.39, 0.29) is 0 Å². The fourth-order valence-corrected chi connectivity index (χ4v) is 2.87. The summed E-state index contributed by atoms with van der Waals surface area (Å²) in [5.41, 5.74) is 4.14. The molecule has 0 saturated carbocycles. The summed E-state index contributed by atoms with van der Waals surface area (Å²) in [5.74, 6) is 0. The molecule has 0 unspecified atom stereocenters. The molecule has 1 atom stereocenters. The van der Waals surface area contributed by atoms with Crippen LogP contribution in [0.1, 0.15) is 34.5 Å². The van der Waals surface area contributed by atoms with Crippen molar-refractivity contribution < 1.29 is 0 Å². The maximum absolute atomic E-state index is 3.59. The third-order valence-corrected chi connectivity index (χ3v) is 4.21. The van der Waals surface area contributed by atoms with Crippen molar-refractivity contribution in [3.8, 4) is 0 Å². The standard InChI is InChI=1S/C15H19NS/c1-11-6-4-5-7-14(11)13(3)16-10-15-12(2)8-9-17-15/h4-9,13,16H,10H2,1-3H3/t13-/m1/s1. The summed E-state index contributed by atoms with van der Waals surface area (Å²) < 4.78 is 0. The molecule has 17 heavy (non-hydrogen) atoms. The highest BCUT2D eigenvalue weighted by atomic mass is 32.1. The van der Waals surface area contributed by atoms with Crippen LogP contribution in [0.2, 0.25) is 0 Å². The minimum Gasteiger partial charge on any atom is -0.305 e. The summed E-state index contributed by atoms with van der Waals surface area (Å²) in [5, 5.41) is 5.75. The van der Waals surface area contributed by atoms with Gasteiger partial charge in [-0.3, -0.25) is 0 Å². The van der Waals surface area contributed by atoms with Gasteiger partial charge in [-0.15, -0.1) is 11.3 Å². The van der Waals surface area contributed by atoms with E-state index in [2.05, 4.69) is 61.8 Å². The zero-order valence-corrected chi connectivity index (χ0v) is 11.5. The van der Waals surface area contributed by atoms with E-state index in [1.165, 1.54) is 21.6 Å². The van der Waals surface area contributed by atoms with Crippen LogP contribution >= 0.6 is 11.3 Å². The maximum Gasteiger partial charge on any atom is 0.0308 e. The fraction of sp³-hybridized carbons (Fsp3) is 0.333. The second-order valence-electron chi connectivity index (χ2n) is 4.49. The zero-order chi connectivity index (χ0) is 12.3. The van der Waals surface area contributed by atoms with E-state index in [0.29, 0.717) is 6.04 Å². The van der Waals surface area contributed by atoms with Gasteiger partial charge in [-0.25, -0.2) is 0 Å². The van der Waals surface area contributed by atoms with Gasteiger partial charge in [-0.2, -0.15) is 0 Å². The molecule has 0 bridgehead atoms. The van der Waals surface area contributed by atoms with E-state index in [0.717, 1.165) is 6.54 Å². The smallest absolute Gasteiger partial charge is 0.0308 e. The van der Waals surface area contributed by atoms with E-state index in [1.807, 2.05) is 11.3 Å². The normalized spacial score (nSPS) is 12.6. The van der Waals surface area contributed by atoms with Gasteiger partial charge in [0.05, 0.1) is 0 Å².